The number of hydrogen-bond acceptors (Lipinski definition) is 3. The zero-order valence-electron chi connectivity index (χ0n) is 8.66. The Morgan fingerprint density at radius 1 is 1.00 bits per heavy atom. The molecule has 0 aromatic rings. The molecule has 0 aliphatic heterocycles. The van der Waals surface area contributed by atoms with Crippen molar-refractivity contribution in [1.29, 1.82) is 0 Å². The molecule has 0 bridgehead atoms. The van der Waals surface area contributed by atoms with E-state index in [1.54, 1.807) is 21.3 Å². The number of rotatable bonds is 6. The zero-order chi connectivity index (χ0) is 9.56. The fourth-order valence-electron chi connectivity index (χ4n) is 1.31. The summed E-state index contributed by atoms with van der Waals surface area (Å²) >= 11 is 0. The molecule has 0 heterocycles. The van der Waals surface area contributed by atoms with Crippen molar-refractivity contribution in [2.45, 2.75) is 26.1 Å². The predicted molar refractivity (Wildman–Crippen MR) is 48.3 cm³/mol. The largest absolute Gasteiger partial charge is 0.382 e. The molecule has 0 fully saturated rings. The second-order valence-electron chi connectivity index (χ2n) is 3.17. The molecule has 0 spiro atoms. The first-order chi connectivity index (χ1) is 5.67. The van der Waals surface area contributed by atoms with Crippen molar-refractivity contribution in [3.8, 4) is 0 Å². The first-order valence-corrected chi connectivity index (χ1v) is 4.21. The van der Waals surface area contributed by atoms with Gasteiger partial charge in [0.1, 0.15) is 6.10 Å². The van der Waals surface area contributed by atoms with Crippen LogP contribution in [0.4, 0.5) is 0 Å². The molecule has 2 atom stereocenters. The Bertz CT molecular complexity index is 104. The molecular formula is C9H20O3. The molecule has 3 nitrogen and oxygen atoms in total. The third kappa shape index (κ3) is 3.52. The third-order valence-electron chi connectivity index (χ3n) is 1.93. The maximum atomic E-state index is 5.31. The van der Waals surface area contributed by atoms with Crippen LogP contribution in [0.1, 0.15) is 13.8 Å². The maximum Gasteiger partial charge on any atom is 0.107 e. The highest BCUT2D eigenvalue weighted by atomic mass is 16.6. The SMILES string of the molecule is COC[C@H](OC)[C@@H](OC)C(C)C. The van der Waals surface area contributed by atoms with Crippen LogP contribution in [0.2, 0.25) is 0 Å². The van der Waals surface area contributed by atoms with Crippen molar-refractivity contribution < 1.29 is 14.2 Å². The molecule has 0 aromatic carbocycles. The van der Waals surface area contributed by atoms with Gasteiger partial charge in [-0.25, -0.2) is 0 Å². The van der Waals surface area contributed by atoms with E-state index in [1.165, 1.54) is 0 Å². The van der Waals surface area contributed by atoms with Crippen LogP contribution in [0, 0.1) is 5.92 Å². The molecule has 3 heteroatoms. The summed E-state index contributed by atoms with van der Waals surface area (Å²) in [5.74, 6) is 0.440. The van der Waals surface area contributed by atoms with Gasteiger partial charge in [-0.05, 0) is 5.92 Å². The topological polar surface area (TPSA) is 27.7 Å². The van der Waals surface area contributed by atoms with Crippen molar-refractivity contribution in [3.05, 3.63) is 0 Å². The van der Waals surface area contributed by atoms with Gasteiger partial charge in [0.25, 0.3) is 0 Å². The standard InChI is InChI=1S/C9H20O3/c1-7(2)9(12-5)8(11-4)6-10-3/h7-9H,6H2,1-5H3/t8-,9-/m0/s1. The van der Waals surface area contributed by atoms with E-state index in [4.69, 9.17) is 14.2 Å². The molecule has 0 aliphatic carbocycles. The van der Waals surface area contributed by atoms with Crippen LogP contribution in [-0.2, 0) is 14.2 Å². The van der Waals surface area contributed by atoms with E-state index in [1.807, 2.05) is 0 Å². The Labute approximate surface area is 75.0 Å². The van der Waals surface area contributed by atoms with E-state index in [9.17, 15) is 0 Å². The van der Waals surface area contributed by atoms with Crippen LogP contribution in [-0.4, -0.2) is 40.1 Å². The smallest absolute Gasteiger partial charge is 0.107 e. The van der Waals surface area contributed by atoms with Gasteiger partial charge in [-0.2, -0.15) is 0 Å². The van der Waals surface area contributed by atoms with Crippen molar-refractivity contribution in [3.63, 3.8) is 0 Å². The number of ether oxygens (including phenoxy) is 3. The number of methoxy groups -OCH3 is 3. The minimum atomic E-state index is 0.0278. The molecule has 0 aromatic heterocycles. The molecule has 0 N–H and O–H groups in total. The molecule has 0 radical (unpaired) electrons. The van der Waals surface area contributed by atoms with Gasteiger partial charge in [-0.3, -0.25) is 0 Å². The van der Waals surface area contributed by atoms with Gasteiger partial charge >= 0.3 is 0 Å². The molecule has 0 unspecified atom stereocenters. The first kappa shape index (κ1) is 11.9. The van der Waals surface area contributed by atoms with Crippen molar-refractivity contribution in [1.82, 2.24) is 0 Å². The van der Waals surface area contributed by atoms with Gasteiger partial charge in [-0.15, -0.1) is 0 Å². The second-order valence-corrected chi connectivity index (χ2v) is 3.17. The minimum absolute atomic E-state index is 0.0278. The number of hydrogen-bond donors (Lipinski definition) is 0. The van der Waals surface area contributed by atoms with E-state index in [2.05, 4.69) is 13.8 Å². The van der Waals surface area contributed by atoms with Crippen LogP contribution in [0.5, 0.6) is 0 Å². The normalized spacial score (nSPS) is 16.5. The van der Waals surface area contributed by atoms with Crippen LogP contribution in [0.3, 0.4) is 0 Å². The minimum Gasteiger partial charge on any atom is -0.382 e. The lowest BCUT2D eigenvalue weighted by atomic mass is 10.0. The summed E-state index contributed by atoms with van der Waals surface area (Å²) < 4.78 is 15.6. The van der Waals surface area contributed by atoms with Crippen molar-refractivity contribution in [2.75, 3.05) is 27.9 Å². The molecule has 12 heavy (non-hydrogen) atoms. The molecule has 74 valence electrons. The Balaban J connectivity index is 4.02. The summed E-state index contributed by atoms with van der Waals surface area (Å²) in [6.07, 6.45) is 0.134. The van der Waals surface area contributed by atoms with E-state index in [0.717, 1.165) is 0 Å². The summed E-state index contributed by atoms with van der Waals surface area (Å²) in [5, 5.41) is 0. The van der Waals surface area contributed by atoms with Gasteiger partial charge < -0.3 is 14.2 Å². The summed E-state index contributed by atoms with van der Waals surface area (Å²) in [6, 6.07) is 0. The molecule has 0 rings (SSSR count). The zero-order valence-corrected chi connectivity index (χ0v) is 8.66. The van der Waals surface area contributed by atoms with E-state index >= 15 is 0 Å². The summed E-state index contributed by atoms with van der Waals surface area (Å²) in [5.41, 5.74) is 0. The van der Waals surface area contributed by atoms with Crippen LogP contribution in [0.15, 0.2) is 0 Å². The van der Waals surface area contributed by atoms with Crippen LogP contribution in [0.25, 0.3) is 0 Å². The molecule has 0 saturated heterocycles. The fourth-order valence-corrected chi connectivity index (χ4v) is 1.31. The first-order valence-electron chi connectivity index (χ1n) is 4.21. The average molecular weight is 176 g/mol. The summed E-state index contributed by atoms with van der Waals surface area (Å²) in [4.78, 5) is 0. The average Bonchev–Trinajstić information content (AvgIpc) is 2.03. The highest BCUT2D eigenvalue weighted by molar-refractivity contribution is 4.72. The highest BCUT2D eigenvalue weighted by Gasteiger charge is 2.23. The predicted octanol–water partition coefficient (Wildman–Crippen LogP) is 1.32. The Morgan fingerprint density at radius 3 is 1.83 bits per heavy atom. The van der Waals surface area contributed by atoms with Crippen LogP contribution >= 0.6 is 0 Å². The molecule has 0 amide bonds. The van der Waals surface area contributed by atoms with Crippen molar-refractivity contribution in [2.24, 2.45) is 5.92 Å². The quantitative estimate of drug-likeness (QED) is 0.611. The fraction of sp³-hybridized carbons (Fsp3) is 1.00. The van der Waals surface area contributed by atoms with E-state index in [-0.39, 0.29) is 12.2 Å². The van der Waals surface area contributed by atoms with Gasteiger partial charge in [0.2, 0.25) is 0 Å². The van der Waals surface area contributed by atoms with Crippen molar-refractivity contribution >= 4 is 0 Å². The van der Waals surface area contributed by atoms with Gasteiger partial charge in [0.05, 0.1) is 12.7 Å². The van der Waals surface area contributed by atoms with E-state index in [0.29, 0.717) is 12.5 Å². The second kappa shape index (κ2) is 6.40. The lowest BCUT2D eigenvalue weighted by Gasteiger charge is -2.27. The molecular weight excluding hydrogens is 156 g/mol. The molecule has 0 saturated carbocycles. The van der Waals surface area contributed by atoms with Gasteiger partial charge in [0, 0.05) is 21.3 Å². The van der Waals surface area contributed by atoms with Crippen LogP contribution < -0.4 is 0 Å². The lowest BCUT2D eigenvalue weighted by Crippen LogP contribution is -2.37. The van der Waals surface area contributed by atoms with E-state index < -0.39 is 0 Å². The Kier molecular flexibility index (Phi) is 6.34. The highest BCUT2D eigenvalue weighted by Crippen LogP contribution is 2.12. The van der Waals surface area contributed by atoms with Gasteiger partial charge in [0.15, 0.2) is 0 Å². The lowest BCUT2D eigenvalue weighted by molar-refractivity contribution is -0.0851. The monoisotopic (exact) mass is 176 g/mol. The Morgan fingerprint density at radius 2 is 1.58 bits per heavy atom. The maximum absolute atomic E-state index is 5.31. The Hall–Kier alpha value is -0.120. The summed E-state index contributed by atoms with van der Waals surface area (Å²) in [6.45, 7) is 4.79. The van der Waals surface area contributed by atoms with Gasteiger partial charge in [-0.1, -0.05) is 13.8 Å². The summed E-state index contributed by atoms with van der Waals surface area (Å²) in [7, 11) is 5.05. The molecule has 0 aliphatic rings. The third-order valence-corrected chi connectivity index (χ3v) is 1.93.